The largest absolute Gasteiger partial charge is 0.444 e. The van der Waals surface area contributed by atoms with Crippen molar-refractivity contribution in [3.8, 4) is 10.8 Å². The van der Waals surface area contributed by atoms with E-state index in [4.69, 9.17) is 10.2 Å². The smallest absolute Gasteiger partial charge is 0.236 e. The second-order valence-corrected chi connectivity index (χ2v) is 6.02. The summed E-state index contributed by atoms with van der Waals surface area (Å²) in [6.07, 6.45) is 4.18. The number of halogens is 2. The number of oxazole rings is 1. The highest BCUT2D eigenvalue weighted by atomic mass is 35.5. The molecule has 0 atom stereocenters. The highest BCUT2D eigenvalue weighted by Crippen LogP contribution is 2.24. The molecule has 0 saturated carbocycles. The van der Waals surface area contributed by atoms with E-state index < -0.39 is 0 Å². The lowest BCUT2D eigenvalue weighted by atomic mass is 9.97. The standard InChI is InChI=1S/C14H19N3OS.2ClH/c15-8-11-3-5-17(6-4-11)9-12-10-18-14(16-12)13-2-1-7-19-13;;/h1-2,7,10-11H,3-6,8-9,15H2;2*1H. The molecule has 1 fully saturated rings. The highest BCUT2D eigenvalue weighted by Gasteiger charge is 2.19. The molecule has 7 heteroatoms. The van der Waals surface area contributed by atoms with Crippen LogP contribution in [0.3, 0.4) is 0 Å². The molecule has 3 rings (SSSR count). The molecule has 1 aliphatic rings. The molecule has 2 N–H and O–H groups in total. The van der Waals surface area contributed by atoms with Crippen LogP contribution in [-0.2, 0) is 6.54 Å². The number of hydrogen-bond acceptors (Lipinski definition) is 5. The van der Waals surface area contributed by atoms with Crippen LogP contribution in [0.1, 0.15) is 18.5 Å². The van der Waals surface area contributed by atoms with Crippen molar-refractivity contribution in [2.45, 2.75) is 19.4 Å². The van der Waals surface area contributed by atoms with E-state index in [9.17, 15) is 0 Å². The van der Waals surface area contributed by atoms with Crippen molar-refractivity contribution in [2.75, 3.05) is 19.6 Å². The zero-order chi connectivity index (χ0) is 13.1. The number of hydrogen-bond donors (Lipinski definition) is 1. The van der Waals surface area contributed by atoms with E-state index in [0.717, 1.165) is 42.6 Å². The van der Waals surface area contributed by atoms with Gasteiger partial charge in [-0.1, -0.05) is 6.07 Å². The van der Waals surface area contributed by atoms with Crippen molar-refractivity contribution in [1.29, 1.82) is 0 Å². The fourth-order valence-electron chi connectivity index (χ4n) is 2.50. The Labute approximate surface area is 141 Å². The Bertz CT molecular complexity index is 510. The Balaban J connectivity index is 0.00000110. The van der Waals surface area contributed by atoms with Gasteiger partial charge in [0.1, 0.15) is 6.26 Å². The summed E-state index contributed by atoms with van der Waals surface area (Å²) in [4.78, 5) is 8.09. The van der Waals surface area contributed by atoms with E-state index in [-0.39, 0.29) is 24.8 Å². The summed E-state index contributed by atoms with van der Waals surface area (Å²) in [6, 6.07) is 4.05. The zero-order valence-corrected chi connectivity index (χ0v) is 14.2. The summed E-state index contributed by atoms with van der Waals surface area (Å²) in [6.45, 7) is 3.93. The van der Waals surface area contributed by atoms with Crippen LogP contribution in [0.15, 0.2) is 28.2 Å². The molecule has 2 aromatic heterocycles. The summed E-state index contributed by atoms with van der Waals surface area (Å²) >= 11 is 1.65. The van der Waals surface area contributed by atoms with Crippen molar-refractivity contribution in [3.05, 3.63) is 29.5 Å². The Hall–Kier alpha value is -0.590. The molecule has 0 bridgehead atoms. The number of rotatable bonds is 4. The van der Waals surface area contributed by atoms with Gasteiger partial charge in [-0.3, -0.25) is 4.90 Å². The van der Waals surface area contributed by atoms with Crippen molar-refractivity contribution in [3.63, 3.8) is 0 Å². The maximum Gasteiger partial charge on any atom is 0.236 e. The van der Waals surface area contributed by atoms with Gasteiger partial charge in [0.2, 0.25) is 5.89 Å². The quantitative estimate of drug-likeness (QED) is 0.918. The van der Waals surface area contributed by atoms with Crippen LogP contribution in [0.25, 0.3) is 10.8 Å². The van der Waals surface area contributed by atoms with Crippen molar-refractivity contribution in [2.24, 2.45) is 11.7 Å². The molecule has 1 saturated heterocycles. The van der Waals surface area contributed by atoms with Gasteiger partial charge in [-0.15, -0.1) is 36.2 Å². The van der Waals surface area contributed by atoms with E-state index in [1.807, 2.05) is 17.5 Å². The van der Waals surface area contributed by atoms with E-state index in [1.165, 1.54) is 12.8 Å². The molecular formula is C14H21Cl2N3OS. The van der Waals surface area contributed by atoms with Gasteiger partial charge in [-0.25, -0.2) is 4.98 Å². The first-order chi connectivity index (χ1) is 9.35. The lowest BCUT2D eigenvalue weighted by molar-refractivity contribution is 0.178. The molecule has 1 aliphatic heterocycles. The number of aromatic nitrogens is 1. The molecule has 0 amide bonds. The summed E-state index contributed by atoms with van der Waals surface area (Å²) in [7, 11) is 0. The second-order valence-electron chi connectivity index (χ2n) is 5.08. The van der Waals surface area contributed by atoms with Crippen LogP contribution in [0, 0.1) is 5.92 Å². The monoisotopic (exact) mass is 349 g/mol. The fraction of sp³-hybridized carbons (Fsp3) is 0.500. The van der Waals surface area contributed by atoms with Gasteiger partial charge in [-0.2, -0.15) is 0 Å². The molecule has 3 heterocycles. The van der Waals surface area contributed by atoms with E-state index in [2.05, 4.69) is 9.88 Å². The van der Waals surface area contributed by atoms with Gasteiger partial charge in [0, 0.05) is 6.54 Å². The minimum atomic E-state index is 0. The van der Waals surface area contributed by atoms with Gasteiger partial charge in [-0.05, 0) is 49.8 Å². The van der Waals surface area contributed by atoms with Gasteiger partial charge < -0.3 is 10.2 Å². The van der Waals surface area contributed by atoms with Crippen LogP contribution in [-0.4, -0.2) is 29.5 Å². The molecule has 0 aliphatic carbocycles. The normalized spacial score (nSPS) is 16.2. The molecule has 21 heavy (non-hydrogen) atoms. The van der Waals surface area contributed by atoms with Crippen LogP contribution < -0.4 is 5.73 Å². The van der Waals surface area contributed by atoms with Crippen LogP contribution in [0.5, 0.6) is 0 Å². The Kier molecular flexibility index (Phi) is 7.70. The number of nitrogens with zero attached hydrogens (tertiary/aromatic N) is 2. The van der Waals surface area contributed by atoms with E-state index in [1.54, 1.807) is 17.6 Å². The first-order valence-corrected chi connectivity index (χ1v) is 7.64. The summed E-state index contributed by atoms with van der Waals surface area (Å²) in [5.74, 6) is 1.44. The van der Waals surface area contributed by atoms with Gasteiger partial charge >= 0.3 is 0 Å². The van der Waals surface area contributed by atoms with Gasteiger partial charge in [0.25, 0.3) is 0 Å². The van der Waals surface area contributed by atoms with Crippen molar-refractivity contribution >= 4 is 36.2 Å². The molecule has 4 nitrogen and oxygen atoms in total. The maximum atomic E-state index is 5.71. The van der Waals surface area contributed by atoms with Crippen molar-refractivity contribution < 1.29 is 4.42 Å². The lowest BCUT2D eigenvalue weighted by Crippen LogP contribution is -2.35. The van der Waals surface area contributed by atoms with Crippen LogP contribution in [0.4, 0.5) is 0 Å². The number of thiophene rings is 1. The molecule has 0 unspecified atom stereocenters. The summed E-state index contributed by atoms with van der Waals surface area (Å²) < 4.78 is 5.55. The average molecular weight is 350 g/mol. The van der Waals surface area contributed by atoms with Crippen molar-refractivity contribution in [1.82, 2.24) is 9.88 Å². The third-order valence-corrected chi connectivity index (χ3v) is 4.57. The highest BCUT2D eigenvalue weighted by molar-refractivity contribution is 7.13. The molecular weight excluding hydrogens is 329 g/mol. The minimum absolute atomic E-state index is 0. The van der Waals surface area contributed by atoms with E-state index in [0.29, 0.717) is 5.92 Å². The van der Waals surface area contributed by atoms with Crippen LogP contribution in [0.2, 0.25) is 0 Å². The lowest BCUT2D eigenvalue weighted by Gasteiger charge is -2.30. The molecule has 0 aromatic carbocycles. The van der Waals surface area contributed by atoms with E-state index >= 15 is 0 Å². The number of likely N-dealkylation sites (tertiary alicyclic amines) is 1. The summed E-state index contributed by atoms with van der Waals surface area (Å²) in [5, 5.41) is 2.04. The third kappa shape index (κ3) is 4.69. The Morgan fingerprint density at radius 3 is 2.71 bits per heavy atom. The third-order valence-electron chi connectivity index (χ3n) is 3.71. The number of piperidine rings is 1. The molecule has 0 radical (unpaired) electrons. The summed E-state index contributed by atoms with van der Waals surface area (Å²) in [5.41, 5.74) is 6.74. The second kappa shape index (κ2) is 8.76. The SMILES string of the molecule is Cl.Cl.NCC1CCN(Cc2coc(-c3cccs3)n2)CC1. The molecule has 2 aromatic rings. The Morgan fingerprint density at radius 1 is 1.33 bits per heavy atom. The van der Waals surface area contributed by atoms with Gasteiger partial charge in [0.15, 0.2) is 0 Å². The topological polar surface area (TPSA) is 55.3 Å². The first kappa shape index (κ1) is 18.5. The van der Waals surface area contributed by atoms with Gasteiger partial charge in [0.05, 0.1) is 10.6 Å². The Morgan fingerprint density at radius 2 is 2.10 bits per heavy atom. The number of nitrogens with two attached hydrogens (primary N) is 1. The predicted molar refractivity (Wildman–Crippen MR) is 91.4 cm³/mol. The van der Waals surface area contributed by atoms with Crippen LogP contribution >= 0.6 is 36.2 Å². The average Bonchev–Trinajstić information content (AvgIpc) is 3.10. The molecule has 0 spiro atoms. The fourth-order valence-corrected chi connectivity index (χ4v) is 3.16. The first-order valence-electron chi connectivity index (χ1n) is 6.76. The molecule has 118 valence electrons. The maximum absolute atomic E-state index is 5.71. The zero-order valence-electron chi connectivity index (χ0n) is 11.7. The predicted octanol–water partition coefficient (Wildman–Crippen LogP) is 3.42. The minimum Gasteiger partial charge on any atom is -0.444 e.